The topological polar surface area (TPSA) is 70.8 Å². The van der Waals surface area contributed by atoms with Crippen molar-refractivity contribution in [3.63, 3.8) is 0 Å². The second kappa shape index (κ2) is 6.26. The van der Waals surface area contributed by atoms with Gasteiger partial charge in [0.15, 0.2) is 5.76 Å². The molecule has 0 unspecified atom stereocenters. The number of carbonyl (C=O) groups is 2. The maximum Gasteiger partial charge on any atom is 0.305 e. The number of benzene rings is 1. The van der Waals surface area contributed by atoms with Crippen LogP contribution >= 0.6 is 0 Å². The molecule has 1 amide bonds. The van der Waals surface area contributed by atoms with Crippen LogP contribution in [0.4, 0.5) is 5.69 Å². The Morgan fingerprint density at radius 1 is 1.24 bits per heavy atom. The molecule has 0 saturated heterocycles. The first kappa shape index (κ1) is 14.8. The summed E-state index contributed by atoms with van der Waals surface area (Å²) >= 11 is 0. The summed E-state index contributed by atoms with van der Waals surface area (Å²) in [5, 5.41) is 8.88. The minimum Gasteiger partial charge on any atom is -0.481 e. The summed E-state index contributed by atoms with van der Waals surface area (Å²) in [5.41, 5.74) is 2.62. The highest BCUT2D eigenvalue weighted by Crippen LogP contribution is 2.24. The van der Waals surface area contributed by atoms with Crippen LogP contribution in [0.5, 0.6) is 0 Å². The van der Waals surface area contributed by atoms with E-state index in [-0.39, 0.29) is 24.6 Å². The highest BCUT2D eigenvalue weighted by molar-refractivity contribution is 6.04. The molecule has 0 bridgehead atoms. The van der Waals surface area contributed by atoms with Crippen LogP contribution in [0, 0.1) is 13.8 Å². The van der Waals surface area contributed by atoms with E-state index in [1.165, 1.54) is 11.2 Å². The molecule has 0 aliphatic heterocycles. The van der Waals surface area contributed by atoms with Crippen molar-refractivity contribution in [2.24, 2.45) is 0 Å². The van der Waals surface area contributed by atoms with Gasteiger partial charge in [-0.15, -0.1) is 0 Å². The van der Waals surface area contributed by atoms with Crippen molar-refractivity contribution in [2.75, 3.05) is 11.4 Å². The van der Waals surface area contributed by atoms with Crippen molar-refractivity contribution in [2.45, 2.75) is 20.3 Å². The molecule has 110 valence electrons. The molecule has 0 radical (unpaired) electrons. The highest BCUT2D eigenvalue weighted by atomic mass is 16.4. The van der Waals surface area contributed by atoms with Crippen LogP contribution < -0.4 is 4.90 Å². The van der Waals surface area contributed by atoms with Crippen molar-refractivity contribution >= 4 is 17.6 Å². The maximum absolute atomic E-state index is 12.5. The predicted molar refractivity (Wildman–Crippen MR) is 78.6 cm³/mol. The predicted octanol–water partition coefficient (Wildman–Crippen LogP) is 3.02. The van der Waals surface area contributed by atoms with E-state index in [0.717, 1.165) is 11.1 Å². The van der Waals surface area contributed by atoms with Crippen LogP contribution in [-0.2, 0) is 4.79 Å². The molecule has 5 heteroatoms. The van der Waals surface area contributed by atoms with Crippen LogP contribution in [0.1, 0.15) is 28.1 Å². The van der Waals surface area contributed by atoms with Gasteiger partial charge >= 0.3 is 5.97 Å². The number of nitrogens with zero attached hydrogens (tertiary/aromatic N) is 1. The van der Waals surface area contributed by atoms with Gasteiger partial charge in [0.25, 0.3) is 5.91 Å². The Balaban J connectivity index is 2.37. The number of carbonyl (C=O) groups excluding carboxylic acids is 1. The molecule has 0 fully saturated rings. The summed E-state index contributed by atoms with van der Waals surface area (Å²) in [6, 6.07) is 8.93. The first-order valence-corrected chi connectivity index (χ1v) is 6.63. The Labute approximate surface area is 122 Å². The molecule has 5 nitrogen and oxygen atoms in total. The van der Waals surface area contributed by atoms with Gasteiger partial charge in [0.2, 0.25) is 0 Å². The molecular weight excluding hydrogens is 270 g/mol. The van der Waals surface area contributed by atoms with Gasteiger partial charge in [0.1, 0.15) is 0 Å². The number of aryl methyl sites for hydroxylation is 2. The molecule has 2 aromatic rings. The van der Waals surface area contributed by atoms with Crippen LogP contribution in [0.3, 0.4) is 0 Å². The number of carboxylic acids is 1. The summed E-state index contributed by atoms with van der Waals surface area (Å²) in [6.07, 6.45) is 1.30. The van der Waals surface area contributed by atoms with Crippen molar-refractivity contribution in [1.29, 1.82) is 0 Å². The van der Waals surface area contributed by atoms with Crippen LogP contribution in [0.15, 0.2) is 41.0 Å². The Hall–Kier alpha value is -2.56. The fourth-order valence-corrected chi connectivity index (χ4v) is 2.08. The second-order valence-corrected chi connectivity index (χ2v) is 4.87. The van der Waals surface area contributed by atoms with Gasteiger partial charge in [-0.05, 0) is 43.2 Å². The number of carboxylic acid groups (broad SMARTS) is 1. The van der Waals surface area contributed by atoms with Crippen molar-refractivity contribution in [1.82, 2.24) is 0 Å². The van der Waals surface area contributed by atoms with E-state index in [2.05, 4.69) is 0 Å². The first-order chi connectivity index (χ1) is 9.99. The molecule has 0 aliphatic rings. The van der Waals surface area contributed by atoms with Crippen molar-refractivity contribution in [3.05, 3.63) is 53.5 Å². The largest absolute Gasteiger partial charge is 0.481 e. The average Bonchev–Trinajstić information content (AvgIpc) is 2.96. The molecule has 1 heterocycles. The van der Waals surface area contributed by atoms with E-state index in [9.17, 15) is 9.59 Å². The fourth-order valence-electron chi connectivity index (χ4n) is 2.08. The highest BCUT2D eigenvalue weighted by Gasteiger charge is 2.22. The second-order valence-electron chi connectivity index (χ2n) is 4.87. The van der Waals surface area contributed by atoms with E-state index < -0.39 is 5.97 Å². The van der Waals surface area contributed by atoms with Gasteiger partial charge in [-0.25, -0.2) is 0 Å². The number of aliphatic carboxylic acids is 1. The lowest BCUT2D eigenvalue weighted by Gasteiger charge is -2.23. The van der Waals surface area contributed by atoms with Crippen LogP contribution in [0.25, 0.3) is 0 Å². The SMILES string of the molecule is Cc1ccc(C)c(N(CCC(=O)O)C(=O)c2ccco2)c1. The number of amides is 1. The smallest absolute Gasteiger partial charge is 0.305 e. The Morgan fingerprint density at radius 2 is 2.00 bits per heavy atom. The van der Waals surface area contributed by atoms with Gasteiger partial charge in [-0.1, -0.05) is 12.1 Å². The molecule has 2 rings (SSSR count). The zero-order valence-corrected chi connectivity index (χ0v) is 12.0. The zero-order valence-electron chi connectivity index (χ0n) is 12.0. The van der Waals surface area contributed by atoms with E-state index >= 15 is 0 Å². The normalized spacial score (nSPS) is 10.4. The standard InChI is InChI=1S/C16H17NO4/c1-11-5-6-12(2)13(10-11)17(8-7-15(18)19)16(20)14-4-3-9-21-14/h3-6,9-10H,7-8H2,1-2H3,(H,18,19). The molecular formula is C16H17NO4. The van der Waals surface area contributed by atoms with E-state index in [1.54, 1.807) is 12.1 Å². The van der Waals surface area contributed by atoms with E-state index in [4.69, 9.17) is 9.52 Å². The number of hydrogen-bond donors (Lipinski definition) is 1. The Bertz CT molecular complexity index is 646. The van der Waals surface area contributed by atoms with Gasteiger partial charge in [0.05, 0.1) is 12.7 Å². The summed E-state index contributed by atoms with van der Waals surface area (Å²) in [5.74, 6) is -1.09. The lowest BCUT2D eigenvalue weighted by atomic mass is 10.1. The number of rotatable bonds is 5. The number of anilines is 1. The minimum absolute atomic E-state index is 0.0964. The van der Waals surface area contributed by atoms with Crippen molar-refractivity contribution in [3.8, 4) is 0 Å². The maximum atomic E-state index is 12.5. The minimum atomic E-state index is -0.947. The molecule has 1 aromatic carbocycles. The lowest BCUT2D eigenvalue weighted by Crippen LogP contribution is -2.33. The number of furan rings is 1. The molecule has 0 spiro atoms. The third kappa shape index (κ3) is 3.51. The Morgan fingerprint density at radius 3 is 2.62 bits per heavy atom. The third-order valence-corrected chi connectivity index (χ3v) is 3.18. The monoisotopic (exact) mass is 287 g/mol. The summed E-state index contributed by atoms with van der Waals surface area (Å²) in [6.45, 7) is 3.91. The molecule has 21 heavy (non-hydrogen) atoms. The third-order valence-electron chi connectivity index (χ3n) is 3.18. The van der Waals surface area contributed by atoms with Gasteiger partial charge in [-0.2, -0.15) is 0 Å². The molecule has 1 N–H and O–H groups in total. The average molecular weight is 287 g/mol. The summed E-state index contributed by atoms with van der Waals surface area (Å²) in [4.78, 5) is 24.8. The molecule has 0 aliphatic carbocycles. The molecule has 0 atom stereocenters. The van der Waals surface area contributed by atoms with Gasteiger partial charge in [0, 0.05) is 12.2 Å². The van der Waals surface area contributed by atoms with E-state index in [1.807, 2.05) is 32.0 Å². The fraction of sp³-hybridized carbons (Fsp3) is 0.250. The van der Waals surface area contributed by atoms with Gasteiger partial charge in [-0.3, -0.25) is 9.59 Å². The molecule has 1 aromatic heterocycles. The number of hydrogen-bond acceptors (Lipinski definition) is 3. The van der Waals surface area contributed by atoms with Crippen LogP contribution in [0.2, 0.25) is 0 Å². The molecule has 0 saturated carbocycles. The van der Waals surface area contributed by atoms with Gasteiger partial charge < -0.3 is 14.4 Å². The van der Waals surface area contributed by atoms with Crippen molar-refractivity contribution < 1.29 is 19.1 Å². The first-order valence-electron chi connectivity index (χ1n) is 6.63. The Kier molecular flexibility index (Phi) is 4.42. The van der Waals surface area contributed by atoms with Crippen LogP contribution in [-0.4, -0.2) is 23.5 Å². The summed E-state index contributed by atoms with van der Waals surface area (Å²) in [7, 11) is 0. The zero-order chi connectivity index (χ0) is 15.4. The lowest BCUT2D eigenvalue weighted by molar-refractivity contribution is -0.136. The quantitative estimate of drug-likeness (QED) is 0.917. The van der Waals surface area contributed by atoms with E-state index in [0.29, 0.717) is 5.69 Å². The summed E-state index contributed by atoms with van der Waals surface area (Å²) < 4.78 is 5.14.